The molecule has 3 rings (SSSR count). The lowest BCUT2D eigenvalue weighted by Gasteiger charge is -2.27. The van der Waals surface area contributed by atoms with Gasteiger partial charge in [-0.1, -0.05) is 37.3 Å². The minimum atomic E-state index is 0.0781. The third kappa shape index (κ3) is 3.19. The van der Waals surface area contributed by atoms with Crippen molar-refractivity contribution in [3.8, 4) is 0 Å². The zero-order valence-electron chi connectivity index (χ0n) is 13.2. The van der Waals surface area contributed by atoms with E-state index in [2.05, 4.69) is 23.8 Å². The van der Waals surface area contributed by atoms with Gasteiger partial charge in [0.2, 0.25) is 0 Å². The third-order valence-electron chi connectivity index (χ3n) is 5.27. The molecule has 3 nitrogen and oxygen atoms in total. The average Bonchev–Trinajstić information content (AvgIpc) is 2.75. The first-order chi connectivity index (χ1) is 10.1. The van der Waals surface area contributed by atoms with Crippen molar-refractivity contribution >= 4 is 5.78 Å². The van der Waals surface area contributed by atoms with Crippen LogP contribution in [0.2, 0.25) is 0 Å². The Morgan fingerprint density at radius 3 is 2.67 bits per heavy atom. The highest BCUT2D eigenvalue weighted by molar-refractivity contribution is 5.97. The largest absolute Gasteiger partial charge is 0.301 e. The normalized spacial score (nSPS) is 28.3. The number of rotatable bonds is 4. The third-order valence-corrected chi connectivity index (χ3v) is 5.27. The number of ketones is 1. The standard InChI is InChI=1S/C18H26N2O/c1-14(18(21)15-6-4-3-5-7-15)12-20-11-10-16-8-9-17(13-20)19(16)2/h3-7,14,16-17H,8-13H2,1-2H3. The van der Waals surface area contributed by atoms with Gasteiger partial charge in [0.15, 0.2) is 5.78 Å². The van der Waals surface area contributed by atoms with Gasteiger partial charge >= 0.3 is 0 Å². The van der Waals surface area contributed by atoms with Crippen molar-refractivity contribution in [1.29, 1.82) is 0 Å². The number of fused-ring (bicyclic) bond motifs is 2. The SMILES string of the molecule is CC(CN1CCC2CCC(C1)N2C)C(=O)c1ccccc1. The molecule has 21 heavy (non-hydrogen) atoms. The van der Waals surface area contributed by atoms with E-state index in [-0.39, 0.29) is 11.7 Å². The minimum Gasteiger partial charge on any atom is -0.301 e. The predicted octanol–water partition coefficient (Wildman–Crippen LogP) is 2.67. The van der Waals surface area contributed by atoms with Crippen molar-refractivity contribution in [3.63, 3.8) is 0 Å². The summed E-state index contributed by atoms with van der Waals surface area (Å²) in [5.41, 5.74) is 0.846. The van der Waals surface area contributed by atoms with Crippen molar-refractivity contribution in [2.24, 2.45) is 5.92 Å². The molecule has 2 aliphatic heterocycles. The van der Waals surface area contributed by atoms with Crippen molar-refractivity contribution in [2.45, 2.75) is 38.3 Å². The van der Waals surface area contributed by atoms with Crippen LogP contribution in [0.3, 0.4) is 0 Å². The van der Waals surface area contributed by atoms with Gasteiger partial charge in [-0.25, -0.2) is 0 Å². The molecule has 0 radical (unpaired) electrons. The molecule has 2 heterocycles. The minimum absolute atomic E-state index is 0.0781. The lowest BCUT2D eigenvalue weighted by molar-refractivity contribution is 0.0888. The van der Waals surface area contributed by atoms with Gasteiger partial charge in [0.25, 0.3) is 0 Å². The summed E-state index contributed by atoms with van der Waals surface area (Å²) < 4.78 is 0. The van der Waals surface area contributed by atoms with Crippen LogP contribution in [0.15, 0.2) is 30.3 Å². The lowest BCUT2D eigenvalue weighted by Crippen LogP contribution is -2.39. The molecule has 0 aromatic heterocycles. The number of Topliss-reactive ketones (excluding diaryl/α,β-unsaturated/α-hetero) is 1. The van der Waals surface area contributed by atoms with E-state index in [4.69, 9.17) is 0 Å². The Hall–Kier alpha value is -1.19. The highest BCUT2D eigenvalue weighted by Crippen LogP contribution is 2.28. The summed E-state index contributed by atoms with van der Waals surface area (Å²) in [5, 5.41) is 0. The van der Waals surface area contributed by atoms with Gasteiger partial charge < -0.3 is 4.90 Å². The van der Waals surface area contributed by atoms with Crippen molar-refractivity contribution in [3.05, 3.63) is 35.9 Å². The van der Waals surface area contributed by atoms with E-state index in [9.17, 15) is 4.79 Å². The monoisotopic (exact) mass is 286 g/mol. The number of carbonyl (C=O) groups excluding carboxylic acids is 1. The molecule has 2 bridgehead atoms. The van der Waals surface area contributed by atoms with Crippen LogP contribution < -0.4 is 0 Å². The molecular weight excluding hydrogens is 260 g/mol. The predicted molar refractivity (Wildman–Crippen MR) is 85.6 cm³/mol. The Bertz CT molecular complexity index is 487. The second kappa shape index (κ2) is 6.29. The molecule has 0 spiro atoms. The fraction of sp³-hybridized carbons (Fsp3) is 0.611. The van der Waals surface area contributed by atoms with Crippen LogP contribution in [0.1, 0.15) is 36.5 Å². The van der Waals surface area contributed by atoms with Gasteiger partial charge in [-0.3, -0.25) is 9.69 Å². The van der Waals surface area contributed by atoms with Gasteiger partial charge in [0.1, 0.15) is 0 Å². The number of hydrogen-bond acceptors (Lipinski definition) is 3. The van der Waals surface area contributed by atoms with Crippen molar-refractivity contribution in [1.82, 2.24) is 9.80 Å². The molecule has 1 aromatic rings. The summed E-state index contributed by atoms with van der Waals surface area (Å²) in [4.78, 5) is 17.6. The van der Waals surface area contributed by atoms with Crippen LogP contribution in [-0.2, 0) is 0 Å². The Morgan fingerprint density at radius 2 is 1.90 bits per heavy atom. The Labute approximate surface area is 127 Å². The summed E-state index contributed by atoms with van der Waals surface area (Å²) in [6.07, 6.45) is 3.92. The van der Waals surface area contributed by atoms with Crippen LogP contribution in [-0.4, -0.2) is 54.3 Å². The molecule has 3 atom stereocenters. The molecule has 114 valence electrons. The quantitative estimate of drug-likeness (QED) is 0.795. The molecule has 0 N–H and O–H groups in total. The van der Waals surface area contributed by atoms with Crippen molar-refractivity contribution in [2.75, 3.05) is 26.7 Å². The molecule has 1 aromatic carbocycles. The summed E-state index contributed by atoms with van der Waals surface area (Å²) in [6.45, 7) is 5.23. The molecule has 0 aliphatic carbocycles. The van der Waals surface area contributed by atoms with Crippen LogP contribution in [0, 0.1) is 5.92 Å². The van der Waals surface area contributed by atoms with Crippen molar-refractivity contribution < 1.29 is 4.79 Å². The number of benzene rings is 1. The highest BCUT2D eigenvalue weighted by atomic mass is 16.1. The van der Waals surface area contributed by atoms with E-state index in [1.165, 1.54) is 19.3 Å². The van der Waals surface area contributed by atoms with Gasteiger partial charge in [-0.05, 0) is 32.9 Å². The summed E-state index contributed by atoms with van der Waals surface area (Å²) in [5.74, 6) is 0.354. The maximum atomic E-state index is 12.5. The molecule has 2 fully saturated rings. The first kappa shape index (κ1) is 14.7. The fourth-order valence-electron chi connectivity index (χ4n) is 3.90. The molecule has 3 heteroatoms. The van der Waals surface area contributed by atoms with Gasteiger partial charge in [0.05, 0.1) is 0 Å². The topological polar surface area (TPSA) is 23.6 Å². The molecule has 0 saturated carbocycles. The summed E-state index contributed by atoms with van der Waals surface area (Å²) >= 11 is 0. The Kier molecular flexibility index (Phi) is 4.41. The summed E-state index contributed by atoms with van der Waals surface area (Å²) in [6, 6.07) is 11.2. The van der Waals surface area contributed by atoms with E-state index in [0.717, 1.165) is 31.2 Å². The number of nitrogens with zero attached hydrogens (tertiary/aromatic N) is 2. The zero-order chi connectivity index (χ0) is 14.8. The smallest absolute Gasteiger partial charge is 0.166 e. The highest BCUT2D eigenvalue weighted by Gasteiger charge is 2.35. The Balaban J connectivity index is 1.60. The van der Waals surface area contributed by atoms with E-state index in [1.54, 1.807) is 0 Å². The van der Waals surface area contributed by atoms with E-state index in [1.807, 2.05) is 30.3 Å². The first-order valence-corrected chi connectivity index (χ1v) is 8.18. The number of likely N-dealkylation sites (tertiary alicyclic amines) is 1. The number of likely N-dealkylation sites (N-methyl/N-ethyl adjacent to an activating group) is 1. The zero-order valence-corrected chi connectivity index (χ0v) is 13.2. The second-order valence-electron chi connectivity index (χ2n) is 6.73. The van der Waals surface area contributed by atoms with Gasteiger partial charge in [0, 0.05) is 36.7 Å². The fourth-order valence-corrected chi connectivity index (χ4v) is 3.90. The summed E-state index contributed by atoms with van der Waals surface area (Å²) in [7, 11) is 2.27. The van der Waals surface area contributed by atoms with E-state index in [0.29, 0.717) is 6.04 Å². The van der Waals surface area contributed by atoms with E-state index >= 15 is 0 Å². The second-order valence-corrected chi connectivity index (χ2v) is 6.73. The molecule has 3 unspecified atom stereocenters. The number of carbonyl (C=O) groups is 1. The van der Waals surface area contributed by atoms with Crippen LogP contribution >= 0.6 is 0 Å². The molecule has 0 amide bonds. The van der Waals surface area contributed by atoms with Gasteiger partial charge in [-0.2, -0.15) is 0 Å². The lowest BCUT2D eigenvalue weighted by atomic mass is 9.98. The Morgan fingerprint density at radius 1 is 1.19 bits per heavy atom. The van der Waals surface area contributed by atoms with E-state index < -0.39 is 0 Å². The molecular formula is C18H26N2O. The number of hydrogen-bond donors (Lipinski definition) is 0. The van der Waals surface area contributed by atoms with Crippen LogP contribution in [0.5, 0.6) is 0 Å². The maximum Gasteiger partial charge on any atom is 0.166 e. The maximum absolute atomic E-state index is 12.5. The first-order valence-electron chi connectivity index (χ1n) is 8.18. The van der Waals surface area contributed by atoms with Crippen LogP contribution in [0.4, 0.5) is 0 Å². The average molecular weight is 286 g/mol. The molecule has 2 aliphatic rings. The van der Waals surface area contributed by atoms with Gasteiger partial charge in [-0.15, -0.1) is 0 Å². The molecule has 2 saturated heterocycles. The van der Waals surface area contributed by atoms with Crippen LogP contribution in [0.25, 0.3) is 0 Å².